The summed E-state index contributed by atoms with van der Waals surface area (Å²) < 4.78 is 6.51. The van der Waals surface area contributed by atoms with Crippen molar-refractivity contribution in [2.24, 2.45) is 0 Å². The highest BCUT2D eigenvalue weighted by Gasteiger charge is 2.04. The van der Waals surface area contributed by atoms with Crippen LogP contribution in [0, 0.1) is 0 Å². The Morgan fingerprint density at radius 3 is 3.00 bits per heavy atom. The van der Waals surface area contributed by atoms with E-state index in [0.717, 1.165) is 0 Å². The van der Waals surface area contributed by atoms with Crippen LogP contribution in [-0.2, 0) is 6.54 Å². The molecule has 2 aromatic heterocycles. The van der Waals surface area contributed by atoms with Crippen LogP contribution in [0.2, 0.25) is 0 Å². The second-order valence-electron chi connectivity index (χ2n) is 2.84. The molecular formula is C8H6BrN3O3. The number of H-pyrrole nitrogens is 1. The van der Waals surface area contributed by atoms with Gasteiger partial charge in [0.25, 0.3) is 0 Å². The zero-order valence-corrected chi connectivity index (χ0v) is 9.02. The molecule has 1 N–H and O–H groups in total. The van der Waals surface area contributed by atoms with Gasteiger partial charge in [0.1, 0.15) is 5.69 Å². The molecule has 0 amide bonds. The van der Waals surface area contributed by atoms with Crippen LogP contribution in [0.25, 0.3) is 0 Å². The van der Waals surface area contributed by atoms with Crippen LogP contribution in [0.3, 0.4) is 0 Å². The van der Waals surface area contributed by atoms with Crippen LogP contribution >= 0.6 is 15.9 Å². The molecule has 0 aliphatic heterocycles. The van der Waals surface area contributed by atoms with Crippen molar-refractivity contribution < 1.29 is 4.52 Å². The smallest absolute Gasteiger partial charge is 0.316 e. The summed E-state index contributed by atoms with van der Waals surface area (Å²) in [5.74, 6) is 0. The number of nitrogens with zero attached hydrogens (tertiary/aromatic N) is 2. The molecule has 0 atom stereocenters. The van der Waals surface area contributed by atoms with E-state index >= 15 is 0 Å². The van der Waals surface area contributed by atoms with Gasteiger partial charge in [-0.25, -0.2) is 0 Å². The molecule has 7 heteroatoms. The fraction of sp³-hybridized carbons (Fsp3) is 0.125. The van der Waals surface area contributed by atoms with Gasteiger partial charge in [0.2, 0.25) is 4.67 Å². The summed E-state index contributed by atoms with van der Waals surface area (Å²) in [6.07, 6.45) is 2.88. The molecule has 15 heavy (non-hydrogen) atoms. The number of nitrogens with one attached hydrogen (secondary N) is 1. The Morgan fingerprint density at radius 2 is 2.33 bits per heavy atom. The SMILES string of the molecule is O=c1[nH]ccn(Cc2cc(Br)on2)c1=O. The normalized spacial score (nSPS) is 10.5. The summed E-state index contributed by atoms with van der Waals surface area (Å²) in [4.78, 5) is 24.6. The molecule has 6 nitrogen and oxygen atoms in total. The number of hydrogen-bond acceptors (Lipinski definition) is 4. The summed E-state index contributed by atoms with van der Waals surface area (Å²) in [6.45, 7) is 0.206. The third-order valence-corrected chi connectivity index (χ3v) is 2.16. The number of aromatic amines is 1. The first-order valence-corrected chi connectivity index (χ1v) is 4.85. The van der Waals surface area contributed by atoms with Gasteiger partial charge in [0.05, 0.1) is 6.54 Å². The predicted octanol–water partition coefficient (Wildman–Crippen LogP) is 0.335. The van der Waals surface area contributed by atoms with Crippen LogP contribution in [0.4, 0.5) is 0 Å². The Balaban J connectivity index is 2.37. The molecule has 78 valence electrons. The number of halogens is 1. The maximum Gasteiger partial charge on any atom is 0.316 e. The van der Waals surface area contributed by atoms with E-state index in [1.807, 2.05) is 0 Å². The zero-order chi connectivity index (χ0) is 10.8. The monoisotopic (exact) mass is 271 g/mol. The number of rotatable bonds is 2. The van der Waals surface area contributed by atoms with Crippen molar-refractivity contribution in [1.82, 2.24) is 14.7 Å². The standard InChI is InChI=1S/C8H6BrN3O3/c9-6-3-5(11-15-6)4-12-2-1-10-7(13)8(12)14/h1-3H,4H2,(H,10,13). The van der Waals surface area contributed by atoms with Crippen LogP contribution in [0.15, 0.2) is 37.2 Å². The third-order valence-electron chi connectivity index (χ3n) is 1.79. The molecule has 0 fully saturated rings. The molecule has 0 radical (unpaired) electrons. The third kappa shape index (κ3) is 2.07. The molecule has 0 unspecified atom stereocenters. The molecular weight excluding hydrogens is 266 g/mol. The first kappa shape index (κ1) is 9.91. The highest BCUT2D eigenvalue weighted by Crippen LogP contribution is 2.10. The second kappa shape index (κ2) is 3.85. The molecule has 0 saturated heterocycles. The fourth-order valence-electron chi connectivity index (χ4n) is 1.12. The van der Waals surface area contributed by atoms with E-state index in [-0.39, 0.29) is 6.54 Å². The Kier molecular flexibility index (Phi) is 2.55. The van der Waals surface area contributed by atoms with Crippen molar-refractivity contribution >= 4 is 15.9 Å². The van der Waals surface area contributed by atoms with Gasteiger partial charge >= 0.3 is 11.1 Å². The van der Waals surface area contributed by atoms with E-state index in [2.05, 4.69) is 26.1 Å². The van der Waals surface area contributed by atoms with Gasteiger partial charge in [0, 0.05) is 18.5 Å². The van der Waals surface area contributed by atoms with Crippen LogP contribution < -0.4 is 11.1 Å². The van der Waals surface area contributed by atoms with Crippen molar-refractivity contribution in [3.05, 3.63) is 49.5 Å². The Hall–Kier alpha value is -1.63. The summed E-state index contributed by atoms with van der Waals surface area (Å²) in [5.41, 5.74) is -0.703. The van der Waals surface area contributed by atoms with Gasteiger partial charge in [-0.3, -0.25) is 9.59 Å². The Bertz CT molecular complexity index is 583. The fourth-order valence-corrected chi connectivity index (χ4v) is 1.46. The lowest BCUT2D eigenvalue weighted by atomic mass is 10.4. The molecule has 0 aliphatic rings. The molecule has 0 aliphatic carbocycles. The average molecular weight is 272 g/mol. The minimum absolute atomic E-state index is 0.206. The van der Waals surface area contributed by atoms with E-state index in [4.69, 9.17) is 4.52 Å². The summed E-state index contributed by atoms with van der Waals surface area (Å²) in [5, 5.41) is 3.69. The maximum absolute atomic E-state index is 11.3. The topological polar surface area (TPSA) is 80.9 Å². The summed E-state index contributed by atoms with van der Waals surface area (Å²) >= 11 is 3.09. The number of hydrogen-bond donors (Lipinski definition) is 1. The average Bonchev–Trinajstić information content (AvgIpc) is 2.59. The minimum Gasteiger partial charge on any atom is -0.349 e. The highest BCUT2D eigenvalue weighted by molar-refractivity contribution is 9.10. The molecule has 0 spiro atoms. The summed E-state index contributed by atoms with van der Waals surface area (Å²) in [7, 11) is 0. The summed E-state index contributed by atoms with van der Waals surface area (Å²) in [6, 6.07) is 1.63. The predicted molar refractivity (Wildman–Crippen MR) is 54.6 cm³/mol. The van der Waals surface area contributed by atoms with Crippen molar-refractivity contribution in [1.29, 1.82) is 0 Å². The van der Waals surface area contributed by atoms with E-state index in [9.17, 15) is 9.59 Å². The molecule has 0 bridgehead atoms. The zero-order valence-electron chi connectivity index (χ0n) is 7.44. The van der Waals surface area contributed by atoms with E-state index < -0.39 is 11.1 Å². The molecule has 0 saturated carbocycles. The van der Waals surface area contributed by atoms with Gasteiger partial charge in [-0.1, -0.05) is 5.16 Å². The van der Waals surface area contributed by atoms with Crippen LogP contribution in [0.1, 0.15) is 5.69 Å². The second-order valence-corrected chi connectivity index (χ2v) is 3.63. The lowest BCUT2D eigenvalue weighted by Gasteiger charge is -1.99. The van der Waals surface area contributed by atoms with Gasteiger partial charge in [-0.2, -0.15) is 0 Å². The molecule has 2 heterocycles. The first-order valence-electron chi connectivity index (χ1n) is 4.06. The van der Waals surface area contributed by atoms with E-state index in [0.29, 0.717) is 10.4 Å². The first-order chi connectivity index (χ1) is 7.16. The molecule has 2 aromatic rings. The largest absolute Gasteiger partial charge is 0.349 e. The Morgan fingerprint density at radius 1 is 1.53 bits per heavy atom. The van der Waals surface area contributed by atoms with Crippen molar-refractivity contribution in [2.75, 3.05) is 0 Å². The maximum atomic E-state index is 11.3. The van der Waals surface area contributed by atoms with Gasteiger partial charge in [-0.05, 0) is 15.9 Å². The minimum atomic E-state index is -0.653. The van der Waals surface area contributed by atoms with Crippen molar-refractivity contribution in [2.45, 2.75) is 6.54 Å². The molecule has 0 aromatic carbocycles. The molecule has 2 rings (SSSR count). The van der Waals surface area contributed by atoms with E-state index in [1.165, 1.54) is 17.0 Å². The Labute approximate surface area is 91.7 Å². The highest BCUT2D eigenvalue weighted by atomic mass is 79.9. The van der Waals surface area contributed by atoms with Crippen molar-refractivity contribution in [3.8, 4) is 0 Å². The van der Waals surface area contributed by atoms with Gasteiger partial charge < -0.3 is 14.1 Å². The van der Waals surface area contributed by atoms with Gasteiger partial charge in [0.15, 0.2) is 0 Å². The number of aromatic nitrogens is 3. The van der Waals surface area contributed by atoms with Gasteiger partial charge in [-0.15, -0.1) is 0 Å². The lowest BCUT2D eigenvalue weighted by molar-refractivity contribution is 0.391. The lowest BCUT2D eigenvalue weighted by Crippen LogP contribution is -2.35. The van der Waals surface area contributed by atoms with Crippen molar-refractivity contribution in [3.63, 3.8) is 0 Å². The van der Waals surface area contributed by atoms with Crippen LogP contribution in [-0.4, -0.2) is 14.7 Å². The van der Waals surface area contributed by atoms with E-state index in [1.54, 1.807) is 6.07 Å². The quantitative estimate of drug-likeness (QED) is 0.799. The van der Waals surface area contributed by atoms with Crippen LogP contribution in [0.5, 0.6) is 0 Å².